The molecule has 0 aromatic carbocycles. The molecule has 0 spiro atoms. The lowest BCUT2D eigenvalue weighted by atomic mass is 10.2. The second-order valence-corrected chi connectivity index (χ2v) is 2.18. The zero-order chi connectivity index (χ0) is 10.0. The van der Waals surface area contributed by atoms with Crippen molar-refractivity contribution in [1.82, 2.24) is 4.98 Å². The molecule has 0 radical (unpaired) electrons. The van der Waals surface area contributed by atoms with E-state index in [-0.39, 0.29) is 0 Å². The molecule has 1 heterocycles. The van der Waals surface area contributed by atoms with Crippen LogP contribution in [-0.2, 0) is 0 Å². The third-order valence-corrected chi connectivity index (χ3v) is 1.35. The monoisotopic (exact) mass is 188 g/mol. The fraction of sp³-hybridized carbons (Fsp3) is 0.143. The van der Waals surface area contributed by atoms with E-state index in [4.69, 9.17) is 5.26 Å². The molecule has 68 valence electrons. The number of H-pyrrole nitrogens is 1. The maximum absolute atomic E-state index is 12.7. The van der Waals surface area contributed by atoms with Gasteiger partial charge in [-0.2, -0.15) is 5.26 Å². The molecular formula is C7H3F3N2O. The van der Waals surface area contributed by atoms with Gasteiger partial charge in [-0.1, -0.05) is 0 Å². The summed E-state index contributed by atoms with van der Waals surface area (Å²) in [6.07, 6.45) is -3.07. The van der Waals surface area contributed by atoms with Crippen LogP contribution in [-0.4, -0.2) is 4.98 Å². The molecule has 1 rings (SSSR count). The predicted molar refractivity (Wildman–Crippen MR) is 36.7 cm³/mol. The number of hydrogen-bond acceptors (Lipinski definition) is 2. The number of aromatic amines is 1. The van der Waals surface area contributed by atoms with Crippen molar-refractivity contribution in [2.45, 2.75) is 6.43 Å². The molecule has 0 atom stereocenters. The average Bonchev–Trinajstić information content (AvgIpc) is 2.02. The van der Waals surface area contributed by atoms with Crippen LogP contribution in [0, 0.1) is 17.1 Å². The first-order valence-electron chi connectivity index (χ1n) is 3.17. The van der Waals surface area contributed by atoms with Crippen LogP contribution < -0.4 is 5.56 Å². The first-order chi connectivity index (χ1) is 6.06. The highest BCUT2D eigenvalue weighted by Crippen LogP contribution is 2.20. The summed E-state index contributed by atoms with van der Waals surface area (Å²) in [5, 5.41) is 8.29. The zero-order valence-corrected chi connectivity index (χ0v) is 6.14. The van der Waals surface area contributed by atoms with Gasteiger partial charge < -0.3 is 4.98 Å². The van der Waals surface area contributed by atoms with E-state index in [9.17, 15) is 18.0 Å². The minimum Gasteiger partial charge on any atom is -0.320 e. The maximum atomic E-state index is 12.7. The Bertz CT molecular complexity index is 419. The number of nitrogens with one attached hydrogen (secondary N) is 1. The molecule has 0 saturated heterocycles. The van der Waals surface area contributed by atoms with Crippen molar-refractivity contribution in [3.05, 3.63) is 33.5 Å². The van der Waals surface area contributed by atoms with Gasteiger partial charge >= 0.3 is 0 Å². The topological polar surface area (TPSA) is 56.6 Å². The molecule has 1 N–H and O–H groups in total. The average molecular weight is 188 g/mol. The van der Waals surface area contributed by atoms with Gasteiger partial charge in [-0.15, -0.1) is 0 Å². The van der Waals surface area contributed by atoms with Gasteiger partial charge in [0.15, 0.2) is 0 Å². The molecule has 13 heavy (non-hydrogen) atoms. The number of alkyl halides is 2. The zero-order valence-electron chi connectivity index (χ0n) is 6.14. The Morgan fingerprint density at radius 1 is 1.54 bits per heavy atom. The highest BCUT2D eigenvalue weighted by atomic mass is 19.3. The van der Waals surface area contributed by atoms with E-state index in [1.807, 2.05) is 0 Å². The third kappa shape index (κ3) is 1.69. The van der Waals surface area contributed by atoms with Crippen molar-refractivity contribution >= 4 is 0 Å². The van der Waals surface area contributed by atoms with Gasteiger partial charge in [0.2, 0.25) is 0 Å². The van der Waals surface area contributed by atoms with Gasteiger partial charge in [0.1, 0.15) is 23.1 Å². The van der Waals surface area contributed by atoms with E-state index >= 15 is 0 Å². The second-order valence-electron chi connectivity index (χ2n) is 2.18. The van der Waals surface area contributed by atoms with Gasteiger partial charge in [-0.05, 0) is 0 Å². The van der Waals surface area contributed by atoms with Crippen molar-refractivity contribution < 1.29 is 13.2 Å². The van der Waals surface area contributed by atoms with Gasteiger partial charge in [-0.3, -0.25) is 4.79 Å². The summed E-state index contributed by atoms with van der Waals surface area (Å²) < 4.78 is 36.9. The minimum absolute atomic E-state index is 0.449. The Morgan fingerprint density at radius 3 is 2.62 bits per heavy atom. The Hall–Kier alpha value is -1.77. The number of pyridine rings is 1. The van der Waals surface area contributed by atoms with E-state index in [0.29, 0.717) is 6.07 Å². The van der Waals surface area contributed by atoms with Gasteiger partial charge in [0.25, 0.3) is 12.0 Å². The van der Waals surface area contributed by atoms with Crippen LogP contribution in [0.1, 0.15) is 17.7 Å². The standard InChI is InChI=1S/C7H3F3N2O/c8-4-1-5(13)12-6(7(9)10)3(4)2-11/h1,7H,(H,12,13). The van der Waals surface area contributed by atoms with E-state index in [1.165, 1.54) is 6.07 Å². The van der Waals surface area contributed by atoms with E-state index in [1.54, 1.807) is 4.98 Å². The first-order valence-corrected chi connectivity index (χ1v) is 3.17. The number of nitriles is 1. The normalized spacial score (nSPS) is 10.1. The lowest BCUT2D eigenvalue weighted by molar-refractivity contribution is 0.145. The second kappa shape index (κ2) is 3.31. The van der Waals surface area contributed by atoms with Crippen LogP contribution in [0.2, 0.25) is 0 Å². The van der Waals surface area contributed by atoms with Crippen LogP contribution in [0.15, 0.2) is 10.9 Å². The summed E-state index contributed by atoms with van der Waals surface area (Å²) in [6.45, 7) is 0. The lowest BCUT2D eigenvalue weighted by Crippen LogP contribution is -2.12. The fourth-order valence-electron chi connectivity index (χ4n) is 0.825. The Kier molecular flexibility index (Phi) is 2.37. The van der Waals surface area contributed by atoms with E-state index in [2.05, 4.69) is 0 Å². The van der Waals surface area contributed by atoms with Crippen molar-refractivity contribution in [1.29, 1.82) is 5.26 Å². The molecule has 1 aromatic rings. The number of rotatable bonds is 1. The summed E-state index contributed by atoms with van der Waals surface area (Å²) in [5.41, 5.74) is -2.80. The largest absolute Gasteiger partial charge is 0.320 e. The Balaban J connectivity index is 3.50. The van der Waals surface area contributed by atoms with Gasteiger partial charge in [-0.25, -0.2) is 13.2 Å². The quantitative estimate of drug-likeness (QED) is 0.722. The number of aromatic nitrogens is 1. The van der Waals surface area contributed by atoms with Crippen LogP contribution in [0.4, 0.5) is 13.2 Å². The van der Waals surface area contributed by atoms with Gasteiger partial charge in [0.05, 0.1) is 0 Å². The molecule has 0 amide bonds. The molecule has 0 saturated carbocycles. The van der Waals surface area contributed by atoms with Gasteiger partial charge in [0, 0.05) is 6.07 Å². The Morgan fingerprint density at radius 2 is 2.15 bits per heavy atom. The summed E-state index contributed by atoms with van der Waals surface area (Å²) in [7, 11) is 0. The van der Waals surface area contributed by atoms with Crippen molar-refractivity contribution in [2.75, 3.05) is 0 Å². The van der Waals surface area contributed by atoms with Crippen molar-refractivity contribution in [3.63, 3.8) is 0 Å². The molecule has 0 bridgehead atoms. The molecule has 0 aliphatic heterocycles. The summed E-state index contributed by atoms with van der Waals surface area (Å²) in [5.74, 6) is -1.23. The van der Waals surface area contributed by atoms with Crippen LogP contribution in [0.5, 0.6) is 0 Å². The molecular weight excluding hydrogens is 185 g/mol. The van der Waals surface area contributed by atoms with Crippen LogP contribution >= 0.6 is 0 Å². The number of nitrogens with zero attached hydrogens (tertiary/aromatic N) is 1. The highest BCUT2D eigenvalue weighted by molar-refractivity contribution is 5.34. The molecule has 6 heteroatoms. The predicted octanol–water partition coefficient (Wildman–Crippen LogP) is 1.32. The lowest BCUT2D eigenvalue weighted by Gasteiger charge is -2.01. The molecule has 1 aromatic heterocycles. The Labute approximate surface area is 70.4 Å². The van der Waals surface area contributed by atoms with E-state index < -0.39 is 29.1 Å². The van der Waals surface area contributed by atoms with E-state index in [0.717, 1.165) is 0 Å². The maximum Gasteiger partial charge on any atom is 0.279 e. The summed E-state index contributed by atoms with van der Waals surface area (Å²) >= 11 is 0. The molecule has 0 fully saturated rings. The smallest absolute Gasteiger partial charge is 0.279 e. The van der Waals surface area contributed by atoms with Crippen LogP contribution in [0.3, 0.4) is 0 Å². The highest BCUT2D eigenvalue weighted by Gasteiger charge is 2.17. The first kappa shape index (κ1) is 9.32. The molecule has 0 aliphatic carbocycles. The third-order valence-electron chi connectivity index (χ3n) is 1.35. The summed E-state index contributed by atoms with van der Waals surface area (Å²) in [6, 6.07) is 1.70. The van der Waals surface area contributed by atoms with Crippen molar-refractivity contribution in [3.8, 4) is 6.07 Å². The molecule has 0 aliphatic rings. The number of halogens is 3. The SMILES string of the molecule is N#Cc1c(F)cc(=O)[nH]c1C(F)F. The minimum atomic E-state index is -3.07. The molecule has 3 nitrogen and oxygen atoms in total. The van der Waals surface area contributed by atoms with Crippen LogP contribution in [0.25, 0.3) is 0 Å². The fourth-order valence-corrected chi connectivity index (χ4v) is 0.825. The molecule has 0 unspecified atom stereocenters. The number of hydrogen-bond donors (Lipinski definition) is 1. The van der Waals surface area contributed by atoms with Crippen molar-refractivity contribution in [2.24, 2.45) is 0 Å². The summed E-state index contributed by atoms with van der Waals surface area (Å²) in [4.78, 5) is 12.2.